The van der Waals surface area contributed by atoms with Crippen LogP contribution in [0.4, 0.5) is 0 Å². The summed E-state index contributed by atoms with van der Waals surface area (Å²) in [6, 6.07) is 19.4. The Hall–Kier alpha value is -0.460. The number of hydrogen-bond donors (Lipinski definition) is 1. The van der Waals surface area contributed by atoms with Gasteiger partial charge in [-0.25, -0.2) is 0 Å². The molecule has 0 aromatic heterocycles. The molecule has 1 unspecified atom stereocenters. The second-order valence-corrected chi connectivity index (χ2v) is 10.8. The third-order valence-electron chi connectivity index (χ3n) is 5.02. The van der Waals surface area contributed by atoms with E-state index in [1.54, 1.807) is 0 Å². The van der Waals surface area contributed by atoms with Gasteiger partial charge in [-0.1, -0.05) is 65.2 Å². The van der Waals surface area contributed by atoms with E-state index in [0.29, 0.717) is 5.25 Å². The predicted molar refractivity (Wildman–Crippen MR) is 141 cm³/mol. The molecule has 2 rings (SSSR count). The van der Waals surface area contributed by atoms with Gasteiger partial charge in [0, 0.05) is 40.2 Å². The molecule has 2 aromatic carbocycles. The molecule has 31 heavy (non-hydrogen) atoms. The Kier molecular flexibility index (Phi) is 15.6. The van der Waals surface area contributed by atoms with Crippen LogP contribution in [-0.2, 0) is 4.74 Å². The second-order valence-electron chi connectivity index (χ2n) is 7.59. The molecule has 172 valence electrons. The molecule has 0 saturated heterocycles. The standard InChI is InChI=1S/C26H37BrO2S2/c27-18-8-1-2-9-20-29-21-10-11-22-30-25-16-7-6-15-24(25)26(17-12-19-28)31-23-13-4-3-5-14-23/h3-7,13-16,26,28H,1-2,8-12,17-22H2. The molecule has 0 saturated carbocycles. The van der Waals surface area contributed by atoms with Crippen LogP contribution in [0.15, 0.2) is 64.4 Å². The monoisotopic (exact) mass is 524 g/mol. The van der Waals surface area contributed by atoms with Crippen LogP contribution in [-0.4, -0.2) is 36.0 Å². The number of hydrogen-bond acceptors (Lipinski definition) is 4. The van der Waals surface area contributed by atoms with Crippen molar-refractivity contribution in [2.24, 2.45) is 0 Å². The number of benzene rings is 2. The van der Waals surface area contributed by atoms with Crippen molar-refractivity contribution in [3.8, 4) is 0 Å². The van der Waals surface area contributed by atoms with E-state index in [0.717, 1.165) is 43.6 Å². The minimum atomic E-state index is 0.248. The summed E-state index contributed by atoms with van der Waals surface area (Å²) in [7, 11) is 0. The van der Waals surface area contributed by atoms with Gasteiger partial charge in [0.25, 0.3) is 0 Å². The first-order valence-electron chi connectivity index (χ1n) is 11.5. The number of aliphatic hydroxyl groups is 1. The lowest BCUT2D eigenvalue weighted by atomic mass is 10.1. The van der Waals surface area contributed by atoms with E-state index >= 15 is 0 Å². The Labute approximate surface area is 206 Å². The van der Waals surface area contributed by atoms with Crippen molar-refractivity contribution in [2.45, 2.75) is 66.4 Å². The normalized spacial score (nSPS) is 12.2. The fourth-order valence-electron chi connectivity index (χ4n) is 3.34. The molecule has 1 N–H and O–H groups in total. The summed E-state index contributed by atoms with van der Waals surface area (Å²) in [4.78, 5) is 2.66. The second kappa shape index (κ2) is 18.0. The molecule has 0 fully saturated rings. The minimum Gasteiger partial charge on any atom is -0.396 e. The van der Waals surface area contributed by atoms with Gasteiger partial charge in [0.2, 0.25) is 0 Å². The first kappa shape index (κ1) is 26.8. The van der Waals surface area contributed by atoms with Crippen molar-refractivity contribution in [2.75, 3.05) is 30.9 Å². The van der Waals surface area contributed by atoms with Crippen LogP contribution in [0.1, 0.15) is 62.2 Å². The number of rotatable bonds is 18. The van der Waals surface area contributed by atoms with Gasteiger partial charge in [-0.3, -0.25) is 0 Å². The third kappa shape index (κ3) is 11.8. The van der Waals surface area contributed by atoms with Gasteiger partial charge in [0.15, 0.2) is 0 Å². The van der Waals surface area contributed by atoms with Gasteiger partial charge in [-0.05, 0) is 68.0 Å². The molecule has 0 bridgehead atoms. The SMILES string of the molecule is OCCCC(Sc1ccccc1)c1ccccc1SCCCCOCCCCCCBr. The first-order chi connectivity index (χ1) is 15.3. The Bertz CT molecular complexity index is 684. The lowest BCUT2D eigenvalue weighted by Gasteiger charge is -2.20. The molecule has 2 aromatic rings. The molecule has 0 aliphatic carbocycles. The molecule has 0 spiro atoms. The van der Waals surface area contributed by atoms with E-state index in [4.69, 9.17) is 4.74 Å². The fraction of sp³-hybridized carbons (Fsp3) is 0.538. The zero-order chi connectivity index (χ0) is 22.0. The van der Waals surface area contributed by atoms with Crippen molar-refractivity contribution in [3.05, 3.63) is 60.2 Å². The largest absolute Gasteiger partial charge is 0.396 e. The van der Waals surface area contributed by atoms with Crippen molar-refractivity contribution < 1.29 is 9.84 Å². The number of halogens is 1. The fourth-order valence-corrected chi connectivity index (χ4v) is 6.19. The average molecular weight is 526 g/mol. The number of alkyl halides is 1. The van der Waals surface area contributed by atoms with Crippen LogP contribution in [0.5, 0.6) is 0 Å². The third-order valence-corrected chi connectivity index (χ3v) is 8.08. The molecule has 0 radical (unpaired) electrons. The predicted octanol–water partition coefficient (Wildman–Crippen LogP) is 8.14. The zero-order valence-electron chi connectivity index (χ0n) is 18.5. The molecule has 2 nitrogen and oxygen atoms in total. The summed E-state index contributed by atoms with van der Waals surface area (Å²) < 4.78 is 5.79. The lowest BCUT2D eigenvalue weighted by molar-refractivity contribution is 0.127. The Balaban J connectivity index is 1.76. The summed E-state index contributed by atoms with van der Waals surface area (Å²) in [6.07, 6.45) is 9.14. The van der Waals surface area contributed by atoms with E-state index in [1.807, 2.05) is 23.5 Å². The Morgan fingerprint density at radius 2 is 1.52 bits per heavy atom. The van der Waals surface area contributed by atoms with Gasteiger partial charge in [-0.2, -0.15) is 0 Å². The number of aliphatic hydroxyl groups excluding tert-OH is 1. The quantitative estimate of drug-likeness (QED) is 0.121. The minimum absolute atomic E-state index is 0.248. The maximum Gasteiger partial charge on any atom is 0.0466 e. The van der Waals surface area contributed by atoms with E-state index in [2.05, 4.69) is 70.5 Å². The highest BCUT2D eigenvalue weighted by Gasteiger charge is 2.16. The molecule has 0 amide bonds. The summed E-state index contributed by atoms with van der Waals surface area (Å²) in [5.41, 5.74) is 1.40. The van der Waals surface area contributed by atoms with E-state index in [-0.39, 0.29) is 6.61 Å². The van der Waals surface area contributed by atoms with Crippen LogP contribution in [0.3, 0.4) is 0 Å². The van der Waals surface area contributed by atoms with Crippen molar-refractivity contribution in [3.63, 3.8) is 0 Å². The summed E-state index contributed by atoms with van der Waals surface area (Å²) >= 11 is 7.35. The average Bonchev–Trinajstić information content (AvgIpc) is 2.81. The summed E-state index contributed by atoms with van der Waals surface area (Å²) in [5.74, 6) is 1.12. The van der Waals surface area contributed by atoms with Crippen LogP contribution in [0.25, 0.3) is 0 Å². The lowest BCUT2D eigenvalue weighted by Crippen LogP contribution is -2.00. The smallest absolute Gasteiger partial charge is 0.0466 e. The van der Waals surface area contributed by atoms with Crippen molar-refractivity contribution in [1.29, 1.82) is 0 Å². The Morgan fingerprint density at radius 1 is 0.806 bits per heavy atom. The maximum atomic E-state index is 9.39. The topological polar surface area (TPSA) is 29.5 Å². The number of thioether (sulfide) groups is 2. The number of unbranched alkanes of at least 4 members (excludes halogenated alkanes) is 4. The molecular formula is C26H37BrO2S2. The molecule has 0 aliphatic heterocycles. The van der Waals surface area contributed by atoms with Crippen LogP contribution in [0, 0.1) is 0 Å². The van der Waals surface area contributed by atoms with E-state index in [9.17, 15) is 5.11 Å². The summed E-state index contributed by atoms with van der Waals surface area (Å²) in [5, 5.41) is 10.9. The zero-order valence-corrected chi connectivity index (χ0v) is 21.7. The molecule has 0 aliphatic rings. The van der Waals surface area contributed by atoms with Gasteiger partial charge >= 0.3 is 0 Å². The highest BCUT2D eigenvalue weighted by atomic mass is 79.9. The van der Waals surface area contributed by atoms with Crippen molar-refractivity contribution in [1.82, 2.24) is 0 Å². The van der Waals surface area contributed by atoms with E-state index in [1.165, 1.54) is 47.5 Å². The van der Waals surface area contributed by atoms with Gasteiger partial charge in [-0.15, -0.1) is 23.5 Å². The van der Waals surface area contributed by atoms with E-state index < -0.39 is 0 Å². The first-order valence-corrected chi connectivity index (χ1v) is 14.5. The molecule has 1 atom stereocenters. The molecule has 0 heterocycles. The van der Waals surface area contributed by atoms with Crippen LogP contribution >= 0.6 is 39.5 Å². The van der Waals surface area contributed by atoms with Gasteiger partial charge in [0.05, 0.1) is 0 Å². The highest BCUT2D eigenvalue weighted by Crippen LogP contribution is 2.42. The Morgan fingerprint density at radius 3 is 2.29 bits per heavy atom. The number of ether oxygens (including phenoxy) is 1. The van der Waals surface area contributed by atoms with Crippen LogP contribution < -0.4 is 0 Å². The highest BCUT2D eigenvalue weighted by molar-refractivity contribution is 9.09. The van der Waals surface area contributed by atoms with Gasteiger partial charge in [0.1, 0.15) is 0 Å². The molecular weight excluding hydrogens is 488 g/mol. The maximum absolute atomic E-state index is 9.39. The van der Waals surface area contributed by atoms with Crippen LogP contribution in [0.2, 0.25) is 0 Å². The van der Waals surface area contributed by atoms with Gasteiger partial charge < -0.3 is 9.84 Å². The summed E-state index contributed by atoms with van der Waals surface area (Å²) in [6.45, 7) is 2.03. The van der Waals surface area contributed by atoms with Crippen molar-refractivity contribution >= 4 is 39.5 Å². The molecule has 5 heteroatoms.